The average Bonchev–Trinajstić information content (AvgIpc) is 2.49. The van der Waals surface area contributed by atoms with Crippen LogP contribution in [0.25, 0.3) is 0 Å². The van der Waals surface area contributed by atoms with Gasteiger partial charge in [0.15, 0.2) is 0 Å². The van der Waals surface area contributed by atoms with E-state index in [9.17, 15) is 4.79 Å². The predicted octanol–water partition coefficient (Wildman–Crippen LogP) is 3.60. The highest BCUT2D eigenvalue weighted by Crippen LogP contribution is 2.12. The second-order valence-electron chi connectivity index (χ2n) is 6.72. The van der Waals surface area contributed by atoms with Gasteiger partial charge in [0.05, 0.1) is 6.54 Å². The molecule has 1 aromatic rings. The van der Waals surface area contributed by atoms with Crippen LogP contribution >= 0.6 is 0 Å². The van der Waals surface area contributed by atoms with Crippen LogP contribution in [0.5, 0.6) is 0 Å². The number of pyridine rings is 1. The van der Waals surface area contributed by atoms with Gasteiger partial charge in [-0.05, 0) is 58.3 Å². The lowest BCUT2D eigenvalue weighted by molar-refractivity contribution is 0.0231. The molecule has 0 aliphatic heterocycles. The van der Waals surface area contributed by atoms with Gasteiger partial charge in [-0.3, -0.25) is 4.98 Å². The van der Waals surface area contributed by atoms with Gasteiger partial charge in [-0.15, -0.1) is 0 Å². The molecule has 0 atom stereocenters. The molecular weight excluding hydrogens is 290 g/mol. The van der Waals surface area contributed by atoms with Crippen LogP contribution in [0.2, 0.25) is 0 Å². The van der Waals surface area contributed by atoms with Gasteiger partial charge in [0.25, 0.3) is 0 Å². The van der Waals surface area contributed by atoms with Crippen molar-refractivity contribution in [3.05, 3.63) is 30.1 Å². The second-order valence-corrected chi connectivity index (χ2v) is 6.72. The summed E-state index contributed by atoms with van der Waals surface area (Å²) in [6.07, 6.45) is 6.54. The van der Waals surface area contributed by atoms with Gasteiger partial charge in [0, 0.05) is 18.9 Å². The van der Waals surface area contributed by atoms with Crippen molar-refractivity contribution >= 4 is 6.09 Å². The van der Waals surface area contributed by atoms with E-state index in [1.165, 1.54) is 12.8 Å². The van der Waals surface area contributed by atoms with Crippen LogP contribution in [-0.4, -0.2) is 41.2 Å². The molecular formula is C18H31N3O2. The molecule has 0 fully saturated rings. The minimum atomic E-state index is -0.482. The van der Waals surface area contributed by atoms with E-state index in [-0.39, 0.29) is 6.09 Å². The fraction of sp³-hybridized carbons (Fsp3) is 0.667. The topological polar surface area (TPSA) is 54.5 Å². The molecule has 0 spiro atoms. The molecule has 0 radical (unpaired) electrons. The van der Waals surface area contributed by atoms with Crippen molar-refractivity contribution in [2.45, 2.75) is 59.1 Å². The Bertz CT molecular complexity index is 443. The monoisotopic (exact) mass is 321 g/mol. The van der Waals surface area contributed by atoms with Gasteiger partial charge in [-0.1, -0.05) is 19.4 Å². The Morgan fingerprint density at radius 3 is 2.65 bits per heavy atom. The van der Waals surface area contributed by atoms with Crippen molar-refractivity contribution in [1.82, 2.24) is 15.2 Å². The Morgan fingerprint density at radius 2 is 2.04 bits per heavy atom. The fourth-order valence-electron chi connectivity index (χ4n) is 2.10. The van der Waals surface area contributed by atoms with E-state index in [0.717, 1.165) is 25.1 Å². The Kier molecular flexibility index (Phi) is 8.62. The predicted molar refractivity (Wildman–Crippen MR) is 93.3 cm³/mol. The number of hydrogen-bond acceptors (Lipinski definition) is 4. The summed E-state index contributed by atoms with van der Waals surface area (Å²) in [5.74, 6) is 0. The number of nitrogens with zero attached hydrogens (tertiary/aromatic N) is 2. The molecule has 1 amide bonds. The summed E-state index contributed by atoms with van der Waals surface area (Å²) in [5, 5.41) is 3.40. The number of unbranched alkanes of at least 4 members (excludes halogenated alkanes) is 1. The first kappa shape index (κ1) is 19.4. The highest BCUT2D eigenvalue weighted by atomic mass is 16.6. The second kappa shape index (κ2) is 10.2. The first-order valence-electron chi connectivity index (χ1n) is 8.50. The number of amides is 1. The number of aromatic nitrogens is 1. The van der Waals surface area contributed by atoms with Gasteiger partial charge in [-0.25, -0.2) is 4.79 Å². The first-order valence-corrected chi connectivity index (χ1v) is 8.50. The van der Waals surface area contributed by atoms with Crippen molar-refractivity contribution in [1.29, 1.82) is 0 Å². The molecule has 23 heavy (non-hydrogen) atoms. The van der Waals surface area contributed by atoms with E-state index in [4.69, 9.17) is 4.74 Å². The molecule has 1 rings (SSSR count). The third-order valence-corrected chi connectivity index (χ3v) is 3.24. The molecule has 1 N–H and O–H groups in total. The van der Waals surface area contributed by atoms with Gasteiger partial charge < -0.3 is 15.0 Å². The largest absolute Gasteiger partial charge is 0.444 e. The van der Waals surface area contributed by atoms with Crippen molar-refractivity contribution < 1.29 is 9.53 Å². The van der Waals surface area contributed by atoms with E-state index in [1.54, 1.807) is 17.3 Å². The summed E-state index contributed by atoms with van der Waals surface area (Å²) in [6.45, 7) is 11.0. The summed E-state index contributed by atoms with van der Waals surface area (Å²) in [4.78, 5) is 18.3. The highest BCUT2D eigenvalue weighted by molar-refractivity contribution is 5.68. The van der Waals surface area contributed by atoms with Crippen molar-refractivity contribution in [3.8, 4) is 0 Å². The quantitative estimate of drug-likeness (QED) is 0.706. The standard InChI is InChI=1S/C18H31N3O2/c1-5-6-10-19-12-8-13-21(17(22)23-18(2,3)4)15-16-9-7-11-20-14-16/h7,9,11,14,19H,5-6,8,10,12-13,15H2,1-4H3. The number of rotatable bonds is 9. The summed E-state index contributed by atoms with van der Waals surface area (Å²) in [6, 6.07) is 3.86. The molecule has 0 aliphatic rings. The van der Waals surface area contributed by atoms with Crippen LogP contribution in [-0.2, 0) is 11.3 Å². The number of hydrogen-bond donors (Lipinski definition) is 1. The van der Waals surface area contributed by atoms with E-state index in [2.05, 4.69) is 17.2 Å². The molecule has 0 saturated carbocycles. The zero-order valence-corrected chi connectivity index (χ0v) is 15.0. The van der Waals surface area contributed by atoms with E-state index < -0.39 is 5.60 Å². The molecule has 0 aliphatic carbocycles. The molecule has 0 bridgehead atoms. The van der Waals surface area contributed by atoms with Gasteiger partial charge >= 0.3 is 6.09 Å². The van der Waals surface area contributed by atoms with Crippen LogP contribution in [0, 0.1) is 0 Å². The van der Waals surface area contributed by atoms with Crippen LogP contribution in [0.15, 0.2) is 24.5 Å². The minimum absolute atomic E-state index is 0.269. The number of carbonyl (C=O) groups excluding carboxylic acids is 1. The summed E-state index contributed by atoms with van der Waals surface area (Å²) in [5.41, 5.74) is 0.529. The molecule has 0 saturated heterocycles. The Balaban J connectivity index is 2.52. The number of ether oxygens (including phenoxy) is 1. The molecule has 0 aromatic carbocycles. The SMILES string of the molecule is CCCCNCCCN(Cc1cccnc1)C(=O)OC(C)(C)C. The number of carbonyl (C=O) groups is 1. The van der Waals surface area contributed by atoms with Gasteiger partial charge in [-0.2, -0.15) is 0 Å². The zero-order valence-electron chi connectivity index (χ0n) is 15.0. The Hall–Kier alpha value is -1.62. The van der Waals surface area contributed by atoms with Crippen LogP contribution in [0.4, 0.5) is 4.79 Å². The molecule has 5 nitrogen and oxygen atoms in total. The van der Waals surface area contributed by atoms with Crippen molar-refractivity contribution in [2.75, 3.05) is 19.6 Å². The third kappa shape index (κ3) is 9.18. The summed E-state index contributed by atoms with van der Waals surface area (Å²) < 4.78 is 5.51. The van der Waals surface area contributed by atoms with Crippen LogP contribution in [0.3, 0.4) is 0 Å². The third-order valence-electron chi connectivity index (χ3n) is 3.24. The molecule has 1 heterocycles. The highest BCUT2D eigenvalue weighted by Gasteiger charge is 2.22. The smallest absolute Gasteiger partial charge is 0.410 e. The van der Waals surface area contributed by atoms with E-state index in [0.29, 0.717) is 13.1 Å². The lowest BCUT2D eigenvalue weighted by Crippen LogP contribution is -2.38. The maximum absolute atomic E-state index is 12.4. The van der Waals surface area contributed by atoms with Gasteiger partial charge in [0.1, 0.15) is 5.60 Å². The number of nitrogens with one attached hydrogen (secondary N) is 1. The fourth-order valence-corrected chi connectivity index (χ4v) is 2.10. The lowest BCUT2D eigenvalue weighted by Gasteiger charge is -2.27. The molecule has 0 unspecified atom stereocenters. The summed E-state index contributed by atoms with van der Waals surface area (Å²) in [7, 11) is 0. The van der Waals surface area contributed by atoms with E-state index in [1.807, 2.05) is 32.9 Å². The average molecular weight is 321 g/mol. The summed E-state index contributed by atoms with van der Waals surface area (Å²) >= 11 is 0. The zero-order chi connectivity index (χ0) is 17.1. The van der Waals surface area contributed by atoms with Crippen LogP contribution < -0.4 is 5.32 Å². The van der Waals surface area contributed by atoms with Crippen molar-refractivity contribution in [2.24, 2.45) is 0 Å². The van der Waals surface area contributed by atoms with Crippen LogP contribution in [0.1, 0.15) is 52.5 Å². The normalized spacial score (nSPS) is 11.3. The van der Waals surface area contributed by atoms with Crippen molar-refractivity contribution in [3.63, 3.8) is 0 Å². The Morgan fingerprint density at radius 1 is 1.30 bits per heavy atom. The maximum atomic E-state index is 12.4. The van der Waals surface area contributed by atoms with Gasteiger partial charge in [0.2, 0.25) is 0 Å². The molecule has 130 valence electrons. The Labute approximate surface area is 140 Å². The first-order chi connectivity index (χ1) is 10.9. The lowest BCUT2D eigenvalue weighted by atomic mass is 10.2. The molecule has 1 aromatic heterocycles. The molecule has 5 heteroatoms. The van der Waals surface area contributed by atoms with E-state index >= 15 is 0 Å². The maximum Gasteiger partial charge on any atom is 0.410 e. The minimum Gasteiger partial charge on any atom is -0.444 e.